The van der Waals surface area contributed by atoms with Gasteiger partial charge >= 0.3 is 0 Å². The highest BCUT2D eigenvalue weighted by Crippen LogP contribution is 2.41. The number of benzene rings is 1. The molecule has 1 aromatic rings. The third-order valence-corrected chi connectivity index (χ3v) is 5.44. The number of rotatable bonds is 7. The highest BCUT2D eigenvalue weighted by atomic mass is 16.3. The summed E-state index contributed by atoms with van der Waals surface area (Å²) in [4.78, 5) is 26.2. The molecular weight excluding hydrogens is 328 g/mol. The lowest BCUT2D eigenvalue weighted by molar-refractivity contribution is -0.150. The fraction of sp³-hybridized carbons (Fsp3) is 0.524. The van der Waals surface area contributed by atoms with Crippen molar-refractivity contribution in [2.45, 2.75) is 51.1 Å². The largest absolute Gasteiger partial charge is 0.394 e. The number of carbonyl (C=O) groups excluding carboxylic acids is 2. The first-order valence-electron chi connectivity index (χ1n) is 9.53. The number of hydrogen-bond acceptors (Lipinski definition) is 3. The summed E-state index contributed by atoms with van der Waals surface area (Å²) in [5.41, 5.74) is 2.22. The number of nitrogens with zero attached hydrogens (tertiary/aromatic N) is 1. The van der Waals surface area contributed by atoms with Gasteiger partial charge in [0.2, 0.25) is 11.8 Å². The van der Waals surface area contributed by atoms with E-state index in [4.69, 9.17) is 0 Å². The third kappa shape index (κ3) is 3.68. The second-order valence-electron chi connectivity index (χ2n) is 7.18. The summed E-state index contributed by atoms with van der Waals surface area (Å²) in [6.07, 6.45) is 6.35. The van der Waals surface area contributed by atoms with Crippen molar-refractivity contribution in [3.63, 3.8) is 0 Å². The predicted octanol–water partition coefficient (Wildman–Crippen LogP) is 2.31. The lowest BCUT2D eigenvalue weighted by atomic mass is 9.74. The van der Waals surface area contributed by atoms with Crippen molar-refractivity contribution in [3.8, 4) is 0 Å². The molecule has 2 aliphatic rings. The summed E-state index contributed by atoms with van der Waals surface area (Å²) >= 11 is 0. The van der Waals surface area contributed by atoms with E-state index in [2.05, 4.69) is 17.4 Å². The molecule has 0 aromatic heterocycles. The number of aliphatic hydroxyl groups is 1. The minimum absolute atomic E-state index is 0.0245. The van der Waals surface area contributed by atoms with Crippen LogP contribution in [0.15, 0.2) is 30.3 Å². The van der Waals surface area contributed by atoms with Crippen molar-refractivity contribution in [3.05, 3.63) is 41.5 Å². The van der Waals surface area contributed by atoms with E-state index in [1.54, 1.807) is 4.90 Å². The number of carbonyl (C=O) groups is 2. The van der Waals surface area contributed by atoms with E-state index in [1.165, 1.54) is 0 Å². The molecule has 1 aromatic carbocycles. The van der Waals surface area contributed by atoms with Crippen molar-refractivity contribution in [2.75, 3.05) is 13.2 Å². The van der Waals surface area contributed by atoms with Gasteiger partial charge in [-0.3, -0.25) is 9.59 Å². The van der Waals surface area contributed by atoms with Gasteiger partial charge < -0.3 is 15.3 Å². The molecule has 26 heavy (non-hydrogen) atoms. The van der Waals surface area contributed by atoms with Crippen LogP contribution in [-0.2, 0) is 9.59 Å². The van der Waals surface area contributed by atoms with Crippen LogP contribution in [0.5, 0.6) is 0 Å². The van der Waals surface area contributed by atoms with Gasteiger partial charge in [-0.15, -0.1) is 0 Å². The van der Waals surface area contributed by atoms with Crippen LogP contribution in [0.2, 0.25) is 0 Å². The Kier molecular flexibility index (Phi) is 5.77. The van der Waals surface area contributed by atoms with Crippen LogP contribution in [-0.4, -0.2) is 47.1 Å². The monoisotopic (exact) mass is 356 g/mol. The first-order chi connectivity index (χ1) is 12.6. The Morgan fingerprint density at radius 2 is 1.92 bits per heavy atom. The van der Waals surface area contributed by atoms with Gasteiger partial charge in [0.15, 0.2) is 0 Å². The zero-order valence-electron chi connectivity index (χ0n) is 15.5. The average molecular weight is 356 g/mol. The molecule has 3 rings (SSSR count). The summed E-state index contributed by atoms with van der Waals surface area (Å²) in [6, 6.07) is 7.90. The van der Waals surface area contributed by atoms with Gasteiger partial charge in [-0.2, -0.15) is 0 Å². The molecule has 1 saturated heterocycles. The summed E-state index contributed by atoms with van der Waals surface area (Å²) < 4.78 is 0. The Bertz CT molecular complexity index is 679. The van der Waals surface area contributed by atoms with Gasteiger partial charge in [-0.05, 0) is 30.9 Å². The molecule has 0 radical (unpaired) electrons. The lowest BCUT2D eigenvalue weighted by Gasteiger charge is -2.55. The predicted molar refractivity (Wildman–Crippen MR) is 101 cm³/mol. The summed E-state index contributed by atoms with van der Waals surface area (Å²) in [5.74, 6) is 0.298. The highest BCUT2D eigenvalue weighted by molar-refractivity contribution is 5.81. The molecule has 0 spiro atoms. The van der Waals surface area contributed by atoms with Crippen molar-refractivity contribution >= 4 is 17.9 Å². The first-order valence-corrected chi connectivity index (χ1v) is 9.53. The van der Waals surface area contributed by atoms with E-state index in [0.29, 0.717) is 13.0 Å². The van der Waals surface area contributed by atoms with Crippen LogP contribution >= 0.6 is 0 Å². The zero-order valence-corrected chi connectivity index (χ0v) is 15.5. The average Bonchev–Trinajstić information content (AvgIpc) is 3.47. The van der Waals surface area contributed by atoms with E-state index >= 15 is 0 Å². The van der Waals surface area contributed by atoms with Crippen molar-refractivity contribution in [2.24, 2.45) is 5.92 Å². The van der Waals surface area contributed by atoms with Crippen molar-refractivity contribution < 1.29 is 14.7 Å². The molecule has 0 unspecified atom stereocenters. The number of hydrogen-bond donors (Lipinski definition) is 2. The molecule has 2 N–H and O–H groups in total. The minimum atomic E-state index is -0.224. The topological polar surface area (TPSA) is 69.6 Å². The maximum atomic E-state index is 12.4. The second-order valence-corrected chi connectivity index (χ2v) is 7.18. The fourth-order valence-electron chi connectivity index (χ4n) is 3.89. The molecule has 1 heterocycles. The van der Waals surface area contributed by atoms with E-state index in [9.17, 15) is 14.7 Å². The fourth-order valence-corrected chi connectivity index (χ4v) is 3.89. The number of allylic oxidation sites excluding steroid dienone is 1. The van der Waals surface area contributed by atoms with Crippen molar-refractivity contribution in [1.29, 1.82) is 0 Å². The second kappa shape index (κ2) is 8.04. The van der Waals surface area contributed by atoms with Crippen LogP contribution in [0.25, 0.3) is 6.08 Å². The lowest BCUT2D eigenvalue weighted by Crippen LogP contribution is -2.68. The molecule has 1 aliphatic carbocycles. The summed E-state index contributed by atoms with van der Waals surface area (Å²) in [5, 5.41) is 12.9. The zero-order chi connectivity index (χ0) is 18.7. The van der Waals surface area contributed by atoms with Crippen LogP contribution < -0.4 is 5.32 Å². The molecule has 5 heteroatoms. The van der Waals surface area contributed by atoms with E-state index in [-0.39, 0.29) is 42.3 Å². The SMILES string of the molecule is C/C=C/c1ccc([C@@H]2[C@@H](CO)N(C(=O)CC)[C@@H]2CNC(=O)C2CC2)cc1. The number of likely N-dealkylation sites (tertiary alicyclic amines) is 1. The smallest absolute Gasteiger partial charge is 0.223 e. The van der Waals surface area contributed by atoms with E-state index < -0.39 is 0 Å². The number of amides is 2. The quantitative estimate of drug-likeness (QED) is 0.788. The van der Waals surface area contributed by atoms with Crippen LogP contribution in [0.4, 0.5) is 0 Å². The number of nitrogens with one attached hydrogen (secondary N) is 1. The summed E-state index contributed by atoms with van der Waals surface area (Å²) in [6.45, 7) is 4.18. The molecule has 2 fully saturated rings. The van der Waals surface area contributed by atoms with E-state index in [1.807, 2.05) is 38.1 Å². The van der Waals surface area contributed by atoms with Crippen LogP contribution in [0, 0.1) is 5.92 Å². The molecule has 0 bridgehead atoms. The third-order valence-electron chi connectivity index (χ3n) is 5.44. The maximum Gasteiger partial charge on any atom is 0.223 e. The summed E-state index contributed by atoms with van der Waals surface area (Å²) in [7, 11) is 0. The Hall–Kier alpha value is -2.14. The molecule has 5 nitrogen and oxygen atoms in total. The molecule has 1 aliphatic heterocycles. The minimum Gasteiger partial charge on any atom is -0.394 e. The van der Waals surface area contributed by atoms with Crippen LogP contribution in [0.1, 0.15) is 50.2 Å². The van der Waals surface area contributed by atoms with Gasteiger partial charge in [0.1, 0.15) is 0 Å². The first kappa shape index (κ1) is 18.6. The maximum absolute atomic E-state index is 12.4. The Balaban J connectivity index is 1.78. The van der Waals surface area contributed by atoms with Gasteiger partial charge in [-0.1, -0.05) is 43.3 Å². The van der Waals surface area contributed by atoms with E-state index in [0.717, 1.165) is 24.0 Å². The molecule has 1 saturated carbocycles. The van der Waals surface area contributed by atoms with Gasteiger partial charge in [-0.25, -0.2) is 0 Å². The van der Waals surface area contributed by atoms with Gasteiger partial charge in [0, 0.05) is 24.8 Å². The van der Waals surface area contributed by atoms with Gasteiger partial charge in [0.05, 0.1) is 18.7 Å². The molecule has 3 atom stereocenters. The standard InChI is InChI=1S/C21H28N2O3/c1-3-5-14-6-8-15(9-7-14)20-17(12-22-21(26)16-10-11-16)23(18(20)13-24)19(25)4-2/h3,5-9,16-18,20,24H,4,10-13H2,1-2H3,(H,22,26)/b5-3+/t17-,18-,20+/m1/s1. The highest BCUT2D eigenvalue weighted by Gasteiger charge is 2.50. The van der Waals surface area contributed by atoms with Crippen molar-refractivity contribution in [1.82, 2.24) is 10.2 Å². The number of aliphatic hydroxyl groups excluding tert-OH is 1. The molecule has 2 amide bonds. The van der Waals surface area contributed by atoms with Crippen LogP contribution in [0.3, 0.4) is 0 Å². The molecule has 140 valence electrons. The Labute approximate surface area is 155 Å². The Morgan fingerprint density at radius 1 is 1.23 bits per heavy atom. The Morgan fingerprint density at radius 3 is 2.46 bits per heavy atom. The van der Waals surface area contributed by atoms with Gasteiger partial charge in [0.25, 0.3) is 0 Å². The molecular formula is C21H28N2O3. The normalized spacial score (nSPS) is 25.2.